The van der Waals surface area contributed by atoms with Crippen LogP contribution >= 0.6 is 23.4 Å². The highest BCUT2D eigenvalue weighted by Crippen LogP contribution is 2.39. The van der Waals surface area contributed by atoms with Gasteiger partial charge >= 0.3 is 0 Å². The number of methoxy groups -OCH3 is 1. The van der Waals surface area contributed by atoms with E-state index in [1.165, 1.54) is 12.0 Å². The van der Waals surface area contributed by atoms with Gasteiger partial charge in [-0.3, -0.25) is 14.5 Å². The Morgan fingerprint density at radius 3 is 2.57 bits per heavy atom. The van der Waals surface area contributed by atoms with Crippen LogP contribution in [0.15, 0.2) is 71.6 Å². The van der Waals surface area contributed by atoms with Crippen LogP contribution in [-0.4, -0.2) is 29.7 Å². The molecule has 0 bridgehead atoms. The summed E-state index contributed by atoms with van der Waals surface area (Å²) in [5.74, 6) is 0.371. The zero-order chi connectivity index (χ0) is 24.8. The fraction of sp³-hybridized carbons (Fsp3) is 0.148. The molecular formula is C27H21ClN2O4S. The number of imide groups is 1. The molecule has 0 radical (unpaired) electrons. The normalized spacial score (nSPS) is 14.3. The van der Waals surface area contributed by atoms with E-state index in [1.54, 1.807) is 36.4 Å². The Labute approximate surface area is 212 Å². The van der Waals surface area contributed by atoms with Crippen LogP contribution in [0.1, 0.15) is 22.3 Å². The number of thioether (sulfide) groups is 1. The Morgan fingerprint density at radius 1 is 1.09 bits per heavy atom. The maximum atomic E-state index is 12.9. The number of rotatable bonds is 8. The summed E-state index contributed by atoms with van der Waals surface area (Å²) in [5.41, 5.74) is 2.90. The number of amides is 2. The van der Waals surface area contributed by atoms with Gasteiger partial charge in [-0.2, -0.15) is 5.26 Å². The SMILES string of the molecule is COc1cc(/C=C2\SC(=O)N(CCc3ccccc3)C2=O)cc(Cl)c1OCc1ccccc1C#N. The molecule has 0 aliphatic carbocycles. The Balaban J connectivity index is 1.50. The molecule has 0 atom stereocenters. The number of nitrogens with zero attached hydrogens (tertiary/aromatic N) is 2. The van der Waals surface area contributed by atoms with Crippen molar-refractivity contribution in [2.24, 2.45) is 0 Å². The average Bonchev–Trinajstić information content (AvgIpc) is 3.14. The number of carbonyl (C=O) groups excluding carboxylic acids is 2. The van der Waals surface area contributed by atoms with Crippen molar-refractivity contribution in [1.29, 1.82) is 5.26 Å². The van der Waals surface area contributed by atoms with E-state index in [1.807, 2.05) is 36.4 Å². The van der Waals surface area contributed by atoms with Crippen molar-refractivity contribution in [2.75, 3.05) is 13.7 Å². The number of nitriles is 1. The first-order valence-electron chi connectivity index (χ1n) is 10.8. The number of hydrogen-bond donors (Lipinski definition) is 0. The van der Waals surface area contributed by atoms with Gasteiger partial charge in [0.15, 0.2) is 11.5 Å². The largest absolute Gasteiger partial charge is 0.493 e. The van der Waals surface area contributed by atoms with E-state index in [-0.39, 0.29) is 22.8 Å². The lowest BCUT2D eigenvalue weighted by atomic mass is 10.1. The van der Waals surface area contributed by atoms with Crippen LogP contribution in [0.4, 0.5) is 4.79 Å². The molecule has 8 heteroatoms. The van der Waals surface area contributed by atoms with Crippen LogP contribution in [0.5, 0.6) is 11.5 Å². The van der Waals surface area contributed by atoms with Gasteiger partial charge in [-0.05, 0) is 53.6 Å². The highest BCUT2D eigenvalue weighted by atomic mass is 35.5. The predicted molar refractivity (Wildman–Crippen MR) is 136 cm³/mol. The molecule has 3 aromatic rings. The van der Waals surface area contributed by atoms with Crippen LogP contribution < -0.4 is 9.47 Å². The van der Waals surface area contributed by atoms with Crippen molar-refractivity contribution in [3.63, 3.8) is 0 Å². The molecule has 3 aromatic carbocycles. The minimum absolute atomic E-state index is 0.138. The molecule has 35 heavy (non-hydrogen) atoms. The van der Waals surface area contributed by atoms with Gasteiger partial charge < -0.3 is 9.47 Å². The molecule has 0 spiro atoms. The molecule has 1 fully saturated rings. The number of hydrogen-bond acceptors (Lipinski definition) is 6. The van der Waals surface area contributed by atoms with Crippen LogP contribution in [-0.2, 0) is 17.8 Å². The Hall–Kier alpha value is -3.73. The second-order valence-electron chi connectivity index (χ2n) is 7.66. The Morgan fingerprint density at radius 2 is 1.83 bits per heavy atom. The lowest BCUT2D eigenvalue weighted by Crippen LogP contribution is -2.30. The first-order chi connectivity index (χ1) is 17.0. The van der Waals surface area contributed by atoms with Crippen molar-refractivity contribution in [2.45, 2.75) is 13.0 Å². The quantitative estimate of drug-likeness (QED) is 0.346. The molecule has 4 rings (SSSR count). The predicted octanol–water partition coefficient (Wildman–Crippen LogP) is 6.08. The molecule has 6 nitrogen and oxygen atoms in total. The lowest BCUT2D eigenvalue weighted by molar-refractivity contribution is -0.122. The Bertz CT molecular complexity index is 1330. The molecule has 1 aliphatic rings. The van der Waals surface area contributed by atoms with Gasteiger partial charge in [0.05, 0.1) is 28.7 Å². The molecule has 1 saturated heterocycles. The number of carbonyl (C=O) groups is 2. The van der Waals surface area contributed by atoms with E-state index in [9.17, 15) is 14.9 Å². The summed E-state index contributed by atoms with van der Waals surface area (Å²) in [6, 6.07) is 22.3. The highest BCUT2D eigenvalue weighted by molar-refractivity contribution is 8.18. The van der Waals surface area contributed by atoms with Crippen LogP contribution in [0.25, 0.3) is 6.08 Å². The smallest absolute Gasteiger partial charge is 0.293 e. The van der Waals surface area contributed by atoms with E-state index >= 15 is 0 Å². The zero-order valence-electron chi connectivity index (χ0n) is 18.9. The minimum Gasteiger partial charge on any atom is -0.493 e. The second kappa shape index (κ2) is 11.1. The lowest BCUT2D eigenvalue weighted by Gasteiger charge is -2.14. The summed E-state index contributed by atoms with van der Waals surface area (Å²) in [5, 5.41) is 9.26. The molecule has 0 unspecified atom stereocenters. The minimum atomic E-state index is -0.334. The maximum Gasteiger partial charge on any atom is 0.293 e. The fourth-order valence-electron chi connectivity index (χ4n) is 3.60. The molecular weight excluding hydrogens is 484 g/mol. The summed E-state index contributed by atoms with van der Waals surface area (Å²) >= 11 is 7.38. The van der Waals surface area contributed by atoms with E-state index in [0.29, 0.717) is 40.5 Å². The van der Waals surface area contributed by atoms with Crippen molar-refractivity contribution in [3.8, 4) is 17.6 Å². The standard InChI is InChI=1S/C27H21ClN2O4S/c1-33-23-14-19(13-22(28)25(23)34-17-21-10-6-5-9-20(21)16-29)15-24-26(31)30(27(32)35-24)12-11-18-7-3-2-4-8-18/h2-10,13-15H,11-12,17H2,1H3/b24-15-. The molecule has 0 N–H and O–H groups in total. The summed E-state index contributed by atoms with van der Waals surface area (Å²) < 4.78 is 11.3. The summed E-state index contributed by atoms with van der Waals surface area (Å²) in [6.45, 7) is 0.451. The van der Waals surface area contributed by atoms with Crippen LogP contribution in [0.3, 0.4) is 0 Å². The number of halogens is 1. The summed E-state index contributed by atoms with van der Waals surface area (Å²) in [6.07, 6.45) is 2.21. The fourth-order valence-corrected chi connectivity index (χ4v) is 4.74. The third-order valence-electron chi connectivity index (χ3n) is 5.40. The zero-order valence-corrected chi connectivity index (χ0v) is 20.4. The Kier molecular flexibility index (Phi) is 7.76. The van der Waals surface area contributed by atoms with Crippen molar-refractivity contribution < 1.29 is 19.1 Å². The molecule has 176 valence electrons. The number of benzene rings is 3. The van der Waals surface area contributed by atoms with Gasteiger partial charge in [-0.25, -0.2) is 0 Å². The topological polar surface area (TPSA) is 79.6 Å². The maximum absolute atomic E-state index is 12.9. The van der Waals surface area contributed by atoms with Gasteiger partial charge in [0.2, 0.25) is 0 Å². The van der Waals surface area contributed by atoms with Crippen LogP contribution in [0.2, 0.25) is 5.02 Å². The molecule has 1 heterocycles. The van der Waals surface area contributed by atoms with Crippen LogP contribution in [0, 0.1) is 11.3 Å². The molecule has 2 amide bonds. The summed E-state index contributed by atoms with van der Waals surface area (Å²) in [4.78, 5) is 26.9. The molecule has 0 aromatic heterocycles. The monoisotopic (exact) mass is 504 g/mol. The third kappa shape index (κ3) is 5.68. The van der Waals surface area contributed by atoms with E-state index in [0.717, 1.165) is 22.9 Å². The van der Waals surface area contributed by atoms with E-state index in [2.05, 4.69) is 6.07 Å². The van der Waals surface area contributed by atoms with Crippen molar-refractivity contribution in [1.82, 2.24) is 4.90 Å². The van der Waals surface area contributed by atoms with Crippen molar-refractivity contribution >= 4 is 40.6 Å². The van der Waals surface area contributed by atoms with Gasteiger partial charge in [-0.1, -0.05) is 60.1 Å². The van der Waals surface area contributed by atoms with E-state index in [4.69, 9.17) is 21.1 Å². The first-order valence-corrected chi connectivity index (χ1v) is 12.0. The number of ether oxygens (including phenoxy) is 2. The van der Waals surface area contributed by atoms with Gasteiger partial charge in [-0.15, -0.1) is 0 Å². The molecule has 1 aliphatic heterocycles. The van der Waals surface area contributed by atoms with Crippen molar-refractivity contribution in [3.05, 3.63) is 98.9 Å². The van der Waals surface area contributed by atoms with Gasteiger partial charge in [0.25, 0.3) is 11.1 Å². The second-order valence-corrected chi connectivity index (χ2v) is 9.06. The first kappa shape index (κ1) is 24.4. The molecule has 0 saturated carbocycles. The third-order valence-corrected chi connectivity index (χ3v) is 6.59. The highest BCUT2D eigenvalue weighted by Gasteiger charge is 2.34. The summed E-state index contributed by atoms with van der Waals surface area (Å²) in [7, 11) is 1.49. The van der Waals surface area contributed by atoms with Gasteiger partial charge in [0, 0.05) is 12.1 Å². The average molecular weight is 505 g/mol. The van der Waals surface area contributed by atoms with E-state index < -0.39 is 0 Å². The van der Waals surface area contributed by atoms with Gasteiger partial charge in [0.1, 0.15) is 6.61 Å².